The molecule has 0 radical (unpaired) electrons. The summed E-state index contributed by atoms with van der Waals surface area (Å²) in [4.78, 5) is 26.6. The molecular formula is C19H27ClN2O4. The van der Waals surface area contributed by atoms with Crippen molar-refractivity contribution in [3.8, 4) is 5.75 Å². The smallest absolute Gasteiger partial charge is 0.255 e. The van der Waals surface area contributed by atoms with Crippen LogP contribution in [-0.4, -0.2) is 56.7 Å². The third-order valence-electron chi connectivity index (χ3n) is 4.28. The number of benzene rings is 1. The summed E-state index contributed by atoms with van der Waals surface area (Å²) in [5, 5.41) is 3.41. The minimum absolute atomic E-state index is 0.115. The molecule has 144 valence electrons. The van der Waals surface area contributed by atoms with Crippen LogP contribution in [0.5, 0.6) is 5.75 Å². The number of hydrogen-bond donors (Lipinski definition) is 1. The molecule has 1 aliphatic heterocycles. The van der Waals surface area contributed by atoms with Crippen molar-refractivity contribution in [3.63, 3.8) is 0 Å². The van der Waals surface area contributed by atoms with Crippen LogP contribution in [0.25, 0.3) is 0 Å². The molecule has 0 atom stereocenters. The molecule has 0 fully saturated rings. The highest BCUT2D eigenvalue weighted by molar-refractivity contribution is 6.31. The summed E-state index contributed by atoms with van der Waals surface area (Å²) in [6.45, 7) is 2.88. The van der Waals surface area contributed by atoms with Gasteiger partial charge in [0, 0.05) is 31.8 Å². The Bertz CT molecular complexity index is 609. The molecule has 1 aromatic rings. The zero-order chi connectivity index (χ0) is 18.8. The van der Waals surface area contributed by atoms with E-state index in [2.05, 4.69) is 5.32 Å². The summed E-state index contributed by atoms with van der Waals surface area (Å²) in [5.41, 5.74) is 0.464. The Hall–Kier alpha value is -1.79. The summed E-state index contributed by atoms with van der Waals surface area (Å²) < 4.78 is 10.8. The van der Waals surface area contributed by atoms with Gasteiger partial charge < -0.3 is 19.7 Å². The van der Waals surface area contributed by atoms with E-state index in [9.17, 15) is 9.59 Å². The fourth-order valence-corrected chi connectivity index (χ4v) is 3.00. The Labute approximate surface area is 159 Å². The Morgan fingerprint density at radius 3 is 2.81 bits per heavy atom. The average molecular weight is 383 g/mol. The highest BCUT2D eigenvalue weighted by Crippen LogP contribution is 2.23. The summed E-state index contributed by atoms with van der Waals surface area (Å²) in [6.07, 6.45) is 3.71. The Balaban J connectivity index is 2.00. The first-order valence-electron chi connectivity index (χ1n) is 9.09. The maximum atomic E-state index is 12.4. The monoisotopic (exact) mass is 382 g/mol. The molecule has 0 saturated carbocycles. The largest absolute Gasteiger partial charge is 0.493 e. The number of nitrogens with one attached hydrogen (secondary N) is 1. The number of ether oxygens (including phenoxy) is 2. The van der Waals surface area contributed by atoms with E-state index in [0.29, 0.717) is 55.6 Å². The number of amides is 2. The third kappa shape index (κ3) is 6.50. The first-order chi connectivity index (χ1) is 12.6. The standard InChI is InChI=1S/C19H27ClN2O4/c1-25-13-8-18(23)22-10-3-2-9-21-19(24)16-14-15(20)6-7-17(16)26-12-5-4-11-22/h6-7,14H,2-5,8-13H2,1H3,(H,21,24). The molecule has 1 aromatic carbocycles. The van der Waals surface area contributed by atoms with E-state index in [-0.39, 0.29) is 11.8 Å². The van der Waals surface area contributed by atoms with Crippen molar-refractivity contribution in [1.29, 1.82) is 0 Å². The number of nitrogens with zero attached hydrogens (tertiary/aromatic N) is 1. The normalized spacial score (nSPS) is 16.8. The van der Waals surface area contributed by atoms with Crippen LogP contribution in [0.3, 0.4) is 0 Å². The number of hydrogen-bond acceptors (Lipinski definition) is 4. The second-order valence-electron chi connectivity index (χ2n) is 6.28. The van der Waals surface area contributed by atoms with Gasteiger partial charge in [-0.05, 0) is 43.9 Å². The summed E-state index contributed by atoms with van der Waals surface area (Å²) in [6, 6.07) is 5.07. The SMILES string of the molecule is COCCC(=O)N1CCCCNC(=O)c2cc(Cl)ccc2OCCCC1. The molecule has 0 saturated heterocycles. The Kier molecular flexibility index (Phi) is 8.71. The Morgan fingerprint density at radius 1 is 1.27 bits per heavy atom. The summed E-state index contributed by atoms with van der Waals surface area (Å²) in [5.74, 6) is 0.466. The maximum Gasteiger partial charge on any atom is 0.255 e. The highest BCUT2D eigenvalue weighted by atomic mass is 35.5. The lowest BCUT2D eigenvalue weighted by Gasteiger charge is -2.23. The summed E-state index contributed by atoms with van der Waals surface area (Å²) in [7, 11) is 1.60. The zero-order valence-corrected chi connectivity index (χ0v) is 16.0. The van der Waals surface area contributed by atoms with Crippen molar-refractivity contribution in [2.24, 2.45) is 0 Å². The van der Waals surface area contributed by atoms with Crippen LogP contribution >= 0.6 is 11.6 Å². The van der Waals surface area contributed by atoms with Gasteiger partial charge in [0.1, 0.15) is 5.75 Å². The first-order valence-corrected chi connectivity index (χ1v) is 9.47. The van der Waals surface area contributed by atoms with Crippen LogP contribution in [0.2, 0.25) is 5.02 Å². The minimum atomic E-state index is -0.187. The van der Waals surface area contributed by atoms with E-state index in [1.54, 1.807) is 25.3 Å². The van der Waals surface area contributed by atoms with Crippen molar-refractivity contribution in [3.05, 3.63) is 28.8 Å². The van der Waals surface area contributed by atoms with Gasteiger partial charge in [-0.15, -0.1) is 0 Å². The highest BCUT2D eigenvalue weighted by Gasteiger charge is 2.16. The van der Waals surface area contributed by atoms with Crippen LogP contribution in [0.4, 0.5) is 0 Å². The van der Waals surface area contributed by atoms with Crippen LogP contribution in [0, 0.1) is 0 Å². The van der Waals surface area contributed by atoms with Gasteiger partial charge in [-0.3, -0.25) is 9.59 Å². The van der Waals surface area contributed by atoms with Crippen molar-refractivity contribution in [1.82, 2.24) is 10.2 Å². The van der Waals surface area contributed by atoms with Gasteiger partial charge in [-0.2, -0.15) is 0 Å². The number of carbonyl (C=O) groups excluding carboxylic acids is 2. The van der Waals surface area contributed by atoms with Crippen molar-refractivity contribution in [2.75, 3.05) is 40.0 Å². The molecule has 0 bridgehead atoms. The third-order valence-corrected chi connectivity index (χ3v) is 4.51. The minimum Gasteiger partial charge on any atom is -0.493 e. The van der Waals surface area contributed by atoms with Gasteiger partial charge in [0.2, 0.25) is 5.91 Å². The zero-order valence-electron chi connectivity index (χ0n) is 15.3. The van der Waals surface area contributed by atoms with Crippen molar-refractivity contribution in [2.45, 2.75) is 32.1 Å². The number of fused-ring (bicyclic) bond motifs is 1. The second kappa shape index (κ2) is 11.0. The molecule has 2 amide bonds. The first kappa shape index (κ1) is 20.5. The molecule has 0 spiro atoms. The fourth-order valence-electron chi connectivity index (χ4n) is 2.83. The number of carbonyl (C=O) groups is 2. The van der Waals surface area contributed by atoms with Gasteiger partial charge >= 0.3 is 0 Å². The maximum absolute atomic E-state index is 12.4. The van der Waals surface area contributed by atoms with Crippen molar-refractivity contribution < 1.29 is 19.1 Å². The fraction of sp³-hybridized carbons (Fsp3) is 0.579. The molecule has 1 aliphatic rings. The van der Waals surface area contributed by atoms with E-state index in [1.165, 1.54) is 0 Å². The topological polar surface area (TPSA) is 67.9 Å². The number of rotatable bonds is 3. The number of methoxy groups -OCH3 is 1. The quantitative estimate of drug-likeness (QED) is 0.872. The molecule has 26 heavy (non-hydrogen) atoms. The van der Waals surface area contributed by atoms with Crippen molar-refractivity contribution >= 4 is 23.4 Å². The molecule has 7 heteroatoms. The molecule has 0 unspecified atom stereocenters. The Morgan fingerprint density at radius 2 is 2.04 bits per heavy atom. The van der Waals surface area contributed by atoms with Gasteiger partial charge in [-0.1, -0.05) is 11.6 Å². The lowest BCUT2D eigenvalue weighted by Crippen LogP contribution is -2.34. The lowest BCUT2D eigenvalue weighted by atomic mass is 10.1. The van der Waals surface area contributed by atoms with E-state index in [4.69, 9.17) is 21.1 Å². The predicted octanol–water partition coefficient (Wildman–Crippen LogP) is 2.89. The molecule has 0 aromatic heterocycles. The van der Waals surface area contributed by atoms with Crippen LogP contribution in [-0.2, 0) is 9.53 Å². The van der Waals surface area contributed by atoms with E-state index in [0.717, 1.165) is 25.7 Å². The van der Waals surface area contributed by atoms with Gasteiger partial charge in [0.15, 0.2) is 0 Å². The predicted molar refractivity (Wildman–Crippen MR) is 101 cm³/mol. The molecule has 1 N–H and O–H groups in total. The molecule has 1 heterocycles. The van der Waals surface area contributed by atoms with Crippen LogP contribution < -0.4 is 10.1 Å². The van der Waals surface area contributed by atoms with Crippen LogP contribution in [0.1, 0.15) is 42.5 Å². The van der Waals surface area contributed by atoms with E-state index in [1.807, 2.05) is 4.90 Å². The van der Waals surface area contributed by atoms with E-state index >= 15 is 0 Å². The van der Waals surface area contributed by atoms with Gasteiger partial charge in [0.05, 0.1) is 25.2 Å². The molecule has 6 nitrogen and oxygen atoms in total. The lowest BCUT2D eigenvalue weighted by molar-refractivity contribution is -0.132. The molecule has 2 rings (SSSR count). The van der Waals surface area contributed by atoms with Gasteiger partial charge in [0.25, 0.3) is 5.91 Å². The van der Waals surface area contributed by atoms with Gasteiger partial charge in [-0.25, -0.2) is 0 Å². The summed E-state index contributed by atoms with van der Waals surface area (Å²) >= 11 is 6.02. The molecular weight excluding hydrogens is 356 g/mol. The van der Waals surface area contributed by atoms with E-state index < -0.39 is 0 Å². The average Bonchev–Trinajstić information content (AvgIpc) is 2.64. The number of halogens is 1. The second-order valence-corrected chi connectivity index (χ2v) is 6.72. The van der Waals surface area contributed by atoms with Crippen LogP contribution in [0.15, 0.2) is 18.2 Å². The molecule has 0 aliphatic carbocycles.